The van der Waals surface area contributed by atoms with Crippen LogP contribution in [0.4, 0.5) is 0 Å². The number of rotatable bonds is 6. The van der Waals surface area contributed by atoms with Crippen LogP contribution in [-0.4, -0.2) is 23.9 Å². The molecule has 114 valence electrons. The largest absolute Gasteiger partial charge is 0.389 e. The molecule has 1 saturated carbocycles. The van der Waals surface area contributed by atoms with Crippen LogP contribution < -0.4 is 5.73 Å². The van der Waals surface area contributed by atoms with E-state index in [1.807, 2.05) is 18.2 Å². The molecule has 0 aliphatic heterocycles. The van der Waals surface area contributed by atoms with E-state index >= 15 is 0 Å². The Balaban J connectivity index is 0.00000200. The molecule has 1 fully saturated rings. The first kappa shape index (κ1) is 17.4. The summed E-state index contributed by atoms with van der Waals surface area (Å²) in [6, 6.07) is 10.3. The summed E-state index contributed by atoms with van der Waals surface area (Å²) in [5.74, 6) is 0.683. The summed E-state index contributed by atoms with van der Waals surface area (Å²) in [4.78, 5) is 0. The molecule has 0 aromatic heterocycles. The Hall–Kier alpha value is -0.610. The molecule has 0 radical (unpaired) electrons. The van der Waals surface area contributed by atoms with Gasteiger partial charge in [0.05, 0.1) is 12.2 Å². The van der Waals surface area contributed by atoms with Gasteiger partial charge in [-0.05, 0) is 43.6 Å². The van der Waals surface area contributed by atoms with E-state index in [1.54, 1.807) is 0 Å². The second-order valence-electron chi connectivity index (χ2n) is 5.70. The Bertz CT molecular complexity index is 364. The molecule has 0 heterocycles. The minimum atomic E-state index is -0.596. The summed E-state index contributed by atoms with van der Waals surface area (Å²) < 4.78 is 5.71. The van der Waals surface area contributed by atoms with Crippen molar-refractivity contribution in [1.82, 2.24) is 0 Å². The molecule has 0 amide bonds. The molecular formula is C16H26ClNO2. The van der Waals surface area contributed by atoms with Crippen molar-refractivity contribution in [2.75, 3.05) is 13.2 Å². The smallest absolute Gasteiger partial charge is 0.0769 e. The lowest BCUT2D eigenvalue weighted by Gasteiger charge is -2.35. The molecule has 1 aliphatic carbocycles. The third-order valence-electron chi connectivity index (χ3n) is 4.20. The number of ether oxygens (including phenoxy) is 1. The summed E-state index contributed by atoms with van der Waals surface area (Å²) in [7, 11) is 0. The fourth-order valence-electron chi connectivity index (χ4n) is 2.72. The summed E-state index contributed by atoms with van der Waals surface area (Å²) in [5.41, 5.74) is 6.22. The van der Waals surface area contributed by atoms with Crippen molar-refractivity contribution in [1.29, 1.82) is 0 Å². The Morgan fingerprint density at radius 1 is 1.20 bits per heavy atom. The summed E-state index contributed by atoms with van der Waals surface area (Å²) >= 11 is 0. The summed E-state index contributed by atoms with van der Waals surface area (Å²) in [6.07, 6.45) is 4.91. The lowest BCUT2D eigenvalue weighted by Crippen LogP contribution is -2.41. The molecule has 0 unspecified atom stereocenters. The molecule has 0 spiro atoms. The number of halogens is 1. The maximum atomic E-state index is 10.1. The Morgan fingerprint density at radius 3 is 2.45 bits per heavy atom. The molecule has 3 N–H and O–H groups in total. The minimum Gasteiger partial charge on any atom is -0.389 e. The maximum absolute atomic E-state index is 10.1. The number of benzene rings is 1. The van der Waals surface area contributed by atoms with Gasteiger partial charge in [0.25, 0.3) is 0 Å². The van der Waals surface area contributed by atoms with E-state index in [1.165, 1.54) is 5.56 Å². The summed E-state index contributed by atoms with van der Waals surface area (Å²) in [5, 5.41) is 10.1. The van der Waals surface area contributed by atoms with E-state index < -0.39 is 5.60 Å². The topological polar surface area (TPSA) is 55.5 Å². The molecule has 0 atom stereocenters. The third kappa shape index (κ3) is 5.41. The zero-order valence-electron chi connectivity index (χ0n) is 12.0. The number of hydrogen-bond donors (Lipinski definition) is 2. The molecule has 3 nitrogen and oxygen atoms in total. The van der Waals surface area contributed by atoms with E-state index in [9.17, 15) is 5.11 Å². The third-order valence-corrected chi connectivity index (χ3v) is 4.20. The van der Waals surface area contributed by atoms with Gasteiger partial charge in [0.2, 0.25) is 0 Å². The highest BCUT2D eigenvalue weighted by atomic mass is 35.5. The van der Waals surface area contributed by atoms with Gasteiger partial charge in [0.15, 0.2) is 0 Å². The van der Waals surface area contributed by atoms with Crippen molar-refractivity contribution in [3.05, 3.63) is 35.9 Å². The van der Waals surface area contributed by atoms with Crippen LogP contribution in [0.5, 0.6) is 0 Å². The molecule has 0 saturated heterocycles. The first-order chi connectivity index (χ1) is 9.22. The molecule has 1 aromatic carbocycles. The number of nitrogens with two attached hydrogens (primary N) is 1. The monoisotopic (exact) mass is 299 g/mol. The number of hydrogen-bond acceptors (Lipinski definition) is 3. The fraction of sp³-hybridized carbons (Fsp3) is 0.625. The average molecular weight is 300 g/mol. The number of aliphatic hydroxyl groups is 1. The van der Waals surface area contributed by atoms with Gasteiger partial charge in [0.1, 0.15) is 0 Å². The van der Waals surface area contributed by atoms with Crippen LogP contribution in [-0.2, 0) is 11.3 Å². The average Bonchev–Trinajstić information content (AvgIpc) is 2.47. The minimum absolute atomic E-state index is 0. The van der Waals surface area contributed by atoms with Gasteiger partial charge in [0, 0.05) is 13.2 Å². The molecule has 4 heteroatoms. The lowest BCUT2D eigenvalue weighted by atomic mass is 9.78. The standard InChI is InChI=1S/C16H25NO2.ClH/c17-13-16(18)9-6-14(7-10-16)8-11-19-12-15-4-2-1-3-5-15;/h1-5,14,18H,6-13,17H2;1H. The normalized spacial score (nSPS) is 26.0. The van der Waals surface area contributed by atoms with Crippen LogP contribution in [0.3, 0.4) is 0 Å². The first-order valence-electron chi connectivity index (χ1n) is 7.26. The van der Waals surface area contributed by atoms with Crippen LogP contribution in [0.15, 0.2) is 30.3 Å². The molecule has 2 rings (SSSR count). The molecular weight excluding hydrogens is 274 g/mol. The van der Waals surface area contributed by atoms with Crippen LogP contribution in [0, 0.1) is 5.92 Å². The highest BCUT2D eigenvalue weighted by molar-refractivity contribution is 5.85. The van der Waals surface area contributed by atoms with Gasteiger partial charge >= 0.3 is 0 Å². The second kappa shape index (κ2) is 8.63. The van der Waals surface area contributed by atoms with Gasteiger partial charge in [-0.25, -0.2) is 0 Å². The van der Waals surface area contributed by atoms with Crippen molar-refractivity contribution < 1.29 is 9.84 Å². The lowest BCUT2D eigenvalue weighted by molar-refractivity contribution is -0.00682. The molecule has 20 heavy (non-hydrogen) atoms. The zero-order valence-corrected chi connectivity index (χ0v) is 12.8. The zero-order chi connectivity index (χ0) is 13.6. The van der Waals surface area contributed by atoms with Gasteiger partial charge in [-0.1, -0.05) is 30.3 Å². The van der Waals surface area contributed by atoms with Crippen LogP contribution in [0.2, 0.25) is 0 Å². The molecule has 1 aromatic rings. The van der Waals surface area contributed by atoms with Crippen LogP contribution in [0.25, 0.3) is 0 Å². The van der Waals surface area contributed by atoms with Crippen molar-refractivity contribution in [3.63, 3.8) is 0 Å². The predicted octanol–water partition coefficient (Wildman–Crippen LogP) is 2.90. The molecule has 0 bridgehead atoms. The second-order valence-corrected chi connectivity index (χ2v) is 5.70. The van der Waals surface area contributed by atoms with Crippen molar-refractivity contribution in [2.45, 2.75) is 44.3 Å². The van der Waals surface area contributed by atoms with Crippen LogP contribution in [0.1, 0.15) is 37.7 Å². The van der Waals surface area contributed by atoms with Crippen LogP contribution >= 0.6 is 12.4 Å². The predicted molar refractivity (Wildman–Crippen MR) is 83.9 cm³/mol. The van der Waals surface area contributed by atoms with E-state index in [2.05, 4.69) is 12.1 Å². The van der Waals surface area contributed by atoms with Gasteiger partial charge in [-0.2, -0.15) is 0 Å². The summed E-state index contributed by atoms with van der Waals surface area (Å²) in [6.45, 7) is 1.89. The van der Waals surface area contributed by atoms with Gasteiger partial charge in [-0.3, -0.25) is 0 Å². The van der Waals surface area contributed by atoms with Crippen molar-refractivity contribution in [2.24, 2.45) is 11.7 Å². The van der Waals surface area contributed by atoms with Crippen molar-refractivity contribution >= 4 is 12.4 Å². The van der Waals surface area contributed by atoms with E-state index in [0.717, 1.165) is 38.7 Å². The fourth-order valence-corrected chi connectivity index (χ4v) is 2.72. The highest BCUT2D eigenvalue weighted by Gasteiger charge is 2.31. The van der Waals surface area contributed by atoms with Crippen molar-refractivity contribution in [3.8, 4) is 0 Å². The van der Waals surface area contributed by atoms with E-state index in [0.29, 0.717) is 19.1 Å². The van der Waals surface area contributed by atoms with Gasteiger partial charge < -0.3 is 15.6 Å². The Kier molecular flexibility index (Phi) is 7.52. The first-order valence-corrected chi connectivity index (χ1v) is 7.26. The SMILES string of the molecule is Cl.NCC1(O)CCC(CCOCc2ccccc2)CC1. The highest BCUT2D eigenvalue weighted by Crippen LogP contribution is 2.33. The maximum Gasteiger partial charge on any atom is 0.0769 e. The van der Waals surface area contributed by atoms with E-state index in [4.69, 9.17) is 10.5 Å². The van der Waals surface area contributed by atoms with Gasteiger partial charge in [-0.15, -0.1) is 12.4 Å². The quantitative estimate of drug-likeness (QED) is 0.794. The van der Waals surface area contributed by atoms with E-state index in [-0.39, 0.29) is 12.4 Å². The Labute approximate surface area is 127 Å². The molecule has 1 aliphatic rings. The Morgan fingerprint density at radius 2 is 1.85 bits per heavy atom.